The maximum absolute atomic E-state index is 13.6. The van der Waals surface area contributed by atoms with Gasteiger partial charge >= 0.3 is 0 Å². The molecule has 2 atom stereocenters. The summed E-state index contributed by atoms with van der Waals surface area (Å²) in [4.78, 5) is 20.0. The van der Waals surface area contributed by atoms with Crippen LogP contribution in [0.3, 0.4) is 0 Å². The van der Waals surface area contributed by atoms with E-state index in [0.29, 0.717) is 5.56 Å². The number of halogens is 1. The molecule has 1 fully saturated rings. The van der Waals surface area contributed by atoms with Crippen LogP contribution in [0, 0.1) is 12.7 Å². The van der Waals surface area contributed by atoms with Gasteiger partial charge in [0.25, 0.3) is 0 Å². The maximum atomic E-state index is 13.6. The van der Waals surface area contributed by atoms with Gasteiger partial charge in [0.2, 0.25) is 0 Å². The van der Waals surface area contributed by atoms with Crippen molar-refractivity contribution in [2.75, 3.05) is 13.6 Å². The second kappa shape index (κ2) is 6.50. The lowest BCUT2D eigenvalue weighted by Crippen LogP contribution is -2.37. The van der Waals surface area contributed by atoms with Crippen molar-refractivity contribution in [3.8, 4) is 11.3 Å². The molecule has 1 saturated heterocycles. The Kier molecular flexibility index (Phi) is 4.17. The van der Waals surface area contributed by atoms with E-state index in [1.165, 1.54) is 6.07 Å². The summed E-state index contributed by atoms with van der Waals surface area (Å²) in [6.45, 7) is 2.55. The van der Waals surface area contributed by atoms with E-state index in [1.807, 2.05) is 42.4 Å². The Morgan fingerprint density at radius 2 is 2.15 bits per heavy atom. The normalized spacial score (nSPS) is 22.3. The molecule has 0 spiro atoms. The summed E-state index contributed by atoms with van der Waals surface area (Å²) in [5.41, 5.74) is 4.40. The van der Waals surface area contributed by atoms with Crippen LogP contribution in [0.5, 0.6) is 0 Å². The average molecular weight is 349 g/mol. The minimum atomic E-state index is -0.220. The number of hydrogen-bond donors (Lipinski definition) is 0. The molecule has 2 aliphatic heterocycles. The van der Waals surface area contributed by atoms with Gasteiger partial charge < -0.3 is 4.90 Å². The summed E-state index contributed by atoms with van der Waals surface area (Å²) < 4.78 is 13.6. The molecule has 4 rings (SSSR count). The molecule has 1 aromatic heterocycles. The molecule has 3 heterocycles. The van der Waals surface area contributed by atoms with Crippen molar-refractivity contribution in [2.45, 2.75) is 19.1 Å². The quantitative estimate of drug-likeness (QED) is 0.797. The second-order valence-electron chi connectivity index (χ2n) is 6.81. The van der Waals surface area contributed by atoms with Crippen molar-refractivity contribution in [3.05, 3.63) is 71.8 Å². The van der Waals surface area contributed by atoms with Gasteiger partial charge in [-0.15, -0.1) is 0 Å². The number of aryl methyl sites for hydroxylation is 1. The lowest BCUT2D eigenvalue weighted by atomic mass is 9.95. The zero-order valence-electron chi connectivity index (χ0n) is 14.8. The number of carbonyl (C=O) groups excluding carboxylic acids is 1. The zero-order chi connectivity index (χ0) is 18.3. The van der Waals surface area contributed by atoms with E-state index in [2.05, 4.69) is 16.0 Å². The molecule has 26 heavy (non-hydrogen) atoms. The van der Waals surface area contributed by atoms with Gasteiger partial charge in [0.05, 0.1) is 11.7 Å². The highest BCUT2D eigenvalue weighted by Crippen LogP contribution is 2.33. The van der Waals surface area contributed by atoms with Crippen molar-refractivity contribution in [1.82, 2.24) is 14.8 Å². The molecular formula is C21H20FN3O. The predicted octanol–water partition coefficient (Wildman–Crippen LogP) is 3.25. The van der Waals surface area contributed by atoms with Crippen molar-refractivity contribution in [2.24, 2.45) is 0 Å². The van der Waals surface area contributed by atoms with Crippen LogP contribution in [-0.2, 0) is 4.79 Å². The Balaban J connectivity index is 1.74. The molecule has 4 nitrogen and oxygen atoms in total. The first-order chi connectivity index (χ1) is 12.6. The number of allylic oxidation sites excluding steroid dienone is 2. The van der Waals surface area contributed by atoms with E-state index in [4.69, 9.17) is 0 Å². The molecule has 5 heteroatoms. The third-order valence-electron chi connectivity index (χ3n) is 5.09. The molecule has 0 bridgehead atoms. The highest BCUT2D eigenvalue weighted by atomic mass is 19.1. The number of nitrogens with zero attached hydrogens (tertiary/aromatic N) is 3. The maximum Gasteiger partial charge on any atom is 0.157 e. The summed E-state index contributed by atoms with van der Waals surface area (Å²) >= 11 is 0. The molecule has 0 aliphatic carbocycles. The third kappa shape index (κ3) is 2.74. The number of benzene rings is 1. The summed E-state index contributed by atoms with van der Waals surface area (Å²) in [6.07, 6.45) is 8.68. The van der Waals surface area contributed by atoms with Gasteiger partial charge in [-0.1, -0.05) is 12.1 Å². The van der Waals surface area contributed by atoms with E-state index in [9.17, 15) is 9.18 Å². The molecule has 2 aliphatic rings. The number of aromatic nitrogens is 1. The SMILES string of the molecule is Cc1cc(-c2ncccc2C2=CC3CN(C)C(C=O)N3C=C2)ccc1F. The molecule has 2 unspecified atom stereocenters. The van der Waals surface area contributed by atoms with Gasteiger partial charge in [0, 0.05) is 30.1 Å². The monoisotopic (exact) mass is 349 g/mol. The topological polar surface area (TPSA) is 36.4 Å². The Morgan fingerprint density at radius 3 is 2.92 bits per heavy atom. The van der Waals surface area contributed by atoms with Crippen molar-refractivity contribution >= 4 is 11.9 Å². The molecular weight excluding hydrogens is 329 g/mol. The van der Waals surface area contributed by atoms with Gasteiger partial charge in [-0.05, 0) is 55.4 Å². The summed E-state index contributed by atoms with van der Waals surface area (Å²) in [7, 11) is 1.95. The van der Waals surface area contributed by atoms with Crippen LogP contribution in [0.1, 0.15) is 11.1 Å². The molecule has 0 N–H and O–H groups in total. The number of aldehydes is 1. The van der Waals surface area contributed by atoms with E-state index < -0.39 is 0 Å². The molecule has 0 saturated carbocycles. The largest absolute Gasteiger partial charge is 0.348 e. The van der Waals surface area contributed by atoms with E-state index in [0.717, 1.165) is 35.2 Å². The Bertz CT molecular complexity index is 921. The van der Waals surface area contributed by atoms with Gasteiger partial charge in [-0.2, -0.15) is 0 Å². The van der Waals surface area contributed by atoms with Crippen LogP contribution in [-0.4, -0.2) is 46.9 Å². The van der Waals surface area contributed by atoms with Crippen LogP contribution < -0.4 is 0 Å². The Morgan fingerprint density at radius 1 is 1.31 bits per heavy atom. The first-order valence-electron chi connectivity index (χ1n) is 8.63. The van der Waals surface area contributed by atoms with Crippen molar-refractivity contribution in [1.29, 1.82) is 0 Å². The van der Waals surface area contributed by atoms with Gasteiger partial charge in [0.1, 0.15) is 12.0 Å². The predicted molar refractivity (Wildman–Crippen MR) is 99.6 cm³/mol. The minimum absolute atomic E-state index is 0.151. The number of carbonyl (C=O) groups is 1. The number of fused-ring (bicyclic) bond motifs is 1. The van der Waals surface area contributed by atoms with Crippen molar-refractivity contribution < 1.29 is 9.18 Å². The fourth-order valence-electron chi connectivity index (χ4n) is 3.70. The number of pyridine rings is 1. The fraction of sp³-hybridized carbons (Fsp3) is 0.238. The smallest absolute Gasteiger partial charge is 0.157 e. The molecule has 1 aromatic carbocycles. The third-order valence-corrected chi connectivity index (χ3v) is 5.09. The molecule has 0 amide bonds. The summed E-state index contributed by atoms with van der Waals surface area (Å²) in [5, 5.41) is 0. The number of hydrogen-bond acceptors (Lipinski definition) is 4. The van der Waals surface area contributed by atoms with Crippen molar-refractivity contribution in [3.63, 3.8) is 0 Å². The molecule has 0 radical (unpaired) electrons. The highest BCUT2D eigenvalue weighted by molar-refractivity contribution is 5.84. The average Bonchev–Trinajstić information content (AvgIpc) is 2.98. The first-order valence-corrected chi connectivity index (χ1v) is 8.63. The Hall–Kier alpha value is -2.79. The van der Waals surface area contributed by atoms with E-state index in [-0.39, 0.29) is 18.0 Å². The van der Waals surface area contributed by atoms with E-state index >= 15 is 0 Å². The summed E-state index contributed by atoms with van der Waals surface area (Å²) in [5.74, 6) is -0.215. The molecule has 2 aromatic rings. The lowest BCUT2D eigenvalue weighted by Gasteiger charge is -2.28. The van der Waals surface area contributed by atoms with Crippen LogP contribution in [0.15, 0.2) is 54.9 Å². The number of likely N-dealkylation sites (N-methyl/N-ethyl adjacent to an activating group) is 1. The van der Waals surface area contributed by atoms with E-state index in [1.54, 1.807) is 19.2 Å². The molecule has 132 valence electrons. The van der Waals surface area contributed by atoms with Crippen LogP contribution in [0.4, 0.5) is 4.39 Å². The minimum Gasteiger partial charge on any atom is -0.348 e. The van der Waals surface area contributed by atoms with Gasteiger partial charge in [-0.3, -0.25) is 14.7 Å². The Labute approximate surface area is 152 Å². The fourth-order valence-corrected chi connectivity index (χ4v) is 3.70. The lowest BCUT2D eigenvalue weighted by molar-refractivity contribution is -0.114. The zero-order valence-corrected chi connectivity index (χ0v) is 14.8. The summed E-state index contributed by atoms with van der Waals surface area (Å²) in [6, 6.07) is 9.16. The first kappa shape index (κ1) is 16.7. The highest BCUT2D eigenvalue weighted by Gasteiger charge is 2.35. The second-order valence-corrected chi connectivity index (χ2v) is 6.81. The van der Waals surface area contributed by atoms with Crippen LogP contribution in [0.25, 0.3) is 16.8 Å². The van der Waals surface area contributed by atoms with Crippen LogP contribution in [0.2, 0.25) is 0 Å². The van der Waals surface area contributed by atoms with Gasteiger partial charge in [-0.25, -0.2) is 4.39 Å². The van der Waals surface area contributed by atoms with Gasteiger partial charge in [0.15, 0.2) is 6.29 Å². The standard InChI is InChI=1S/C21H20FN3O/c1-14-10-16(5-6-19(14)22)21-18(4-3-8-23-21)15-7-9-25-17(11-15)12-24(2)20(25)13-26/h3-11,13,17,20H,12H2,1-2H3. The number of rotatable bonds is 3. The van der Waals surface area contributed by atoms with Crippen LogP contribution >= 0.6 is 0 Å².